The van der Waals surface area contributed by atoms with Crippen molar-refractivity contribution in [1.29, 1.82) is 0 Å². The molecular formula is C17H21N5O2S. The molecule has 1 saturated heterocycles. The largest absolute Gasteiger partial charge is 0.383 e. The van der Waals surface area contributed by atoms with Crippen molar-refractivity contribution in [1.82, 2.24) is 15.3 Å². The molecule has 0 bridgehead atoms. The van der Waals surface area contributed by atoms with Crippen molar-refractivity contribution < 1.29 is 9.53 Å². The van der Waals surface area contributed by atoms with Crippen LogP contribution in [0.5, 0.6) is 0 Å². The van der Waals surface area contributed by atoms with E-state index in [1.807, 2.05) is 30.3 Å². The fourth-order valence-corrected chi connectivity index (χ4v) is 3.64. The van der Waals surface area contributed by atoms with Crippen LogP contribution in [0.2, 0.25) is 0 Å². The van der Waals surface area contributed by atoms with Gasteiger partial charge in [-0.2, -0.15) is 0 Å². The third-order valence-electron chi connectivity index (χ3n) is 3.84. The van der Waals surface area contributed by atoms with Crippen molar-refractivity contribution in [3.8, 4) is 0 Å². The second kappa shape index (κ2) is 8.17. The van der Waals surface area contributed by atoms with Crippen LogP contribution in [0.25, 0.3) is 0 Å². The molecule has 1 aliphatic rings. The van der Waals surface area contributed by atoms with E-state index in [1.54, 1.807) is 0 Å². The lowest BCUT2D eigenvalue weighted by Crippen LogP contribution is -2.34. The van der Waals surface area contributed by atoms with Gasteiger partial charge in [0.05, 0.1) is 6.10 Å². The molecule has 0 saturated carbocycles. The molecule has 2 heterocycles. The molecule has 0 aliphatic carbocycles. The Kier molecular flexibility index (Phi) is 5.72. The van der Waals surface area contributed by atoms with Crippen molar-refractivity contribution in [3.63, 3.8) is 0 Å². The molecule has 1 aliphatic heterocycles. The number of amides is 1. The van der Waals surface area contributed by atoms with Crippen LogP contribution in [0.15, 0.2) is 41.6 Å². The summed E-state index contributed by atoms with van der Waals surface area (Å²) in [6.45, 7) is 1.26. The minimum Gasteiger partial charge on any atom is -0.383 e. The third-order valence-corrected chi connectivity index (χ3v) is 4.95. The summed E-state index contributed by atoms with van der Waals surface area (Å²) < 4.78 is 5.56. The first-order valence-corrected chi connectivity index (χ1v) is 9.01. The van der Waals surface area contributed by atoms with E-state index in [2.05, 4.69) is 15.3 Å². The van der Waals surface area contributed by atoms with Gasteiger partial charge in [-0.25, -0.2) is 9.97 Å². The Morgan fingerprint density at radius 3 is 2.64 bits per heavy atom. The van der Waals surface area contributed by atoms with Gasteiger partial charge in [-0.05, 0) is 18.4 Å². The molecule has 8 heteroatoms. The van der Waals surface area contributed by atoms with Crippen LogP contribution in [0.3, 0.4) is 0 Å². The summed E-state index contributed by atoms with van der Waals surface area (Å²) in [5.74, 6) is 0.444. The lowest BCUT2D eigenvalue weighted by Gasteiger charge is -2.18. The fourth-order valence-electron chi connectivity index (χ4n) is 2.63. The number of nitrogens with two attached hydrogens (primary N) is 2. The maximum Gasteiger partial charge on any atom is 0.238 e. The number of nitrogens with one attached hydrogen (secondary N) is 1. The number of aromatic nitrogens is 2. The van der Waals surface area contributed by atoms with Crippen LogP contribution >= 0.6 is 11.8 Å². The van der Waals surface area contributed by atoms with Gasteiger partial charge in [-0.3, -0.25) is 4.79 Å². The molecule has 0 radical (unpaired) electrons. The number of thioether (sulfide) groups is 1. The molecule has 1 amide bonds. The summed E-state index contributed by atoms with van der Waals surface area (Å²) in [7, 11) is 0. The first-order chi connectivity index (χ1) is 12.1. The van der Waals surface area contributed by atoms with E-state index in [0.29, 0.717) is 11.7 Å². The van der Waals surface area contributed by atoms with Crippen molar-refractivity contribution in [3.05, 3.63) is 42.0 Å². The molecule has 1 fully saturated rings. The molecule has 1 aromatic carbocycles. The second-order valence-electron chi connectivity index (χ2n) is 5.79. The van der Waals surface area contributed by atoms with Gasteiger partial charge in [-0.15, -0.1) is 0 Å². The smallest absolute Gasteiger partial charge is 0.238 e. The predicted molar refractivity (Wildman–Crippen MR) is 97.9 cm³/mol. The lowest BCUT2D eigenvalue weighted by molar-refractivity contribution is -0.121. The summed E-state index contributed by atoms with van der Waals surface area (Å²) in [5.41, 5.74) is 12.3. The van der Waals surface area contributed by atoms with Gasteiger partial charge in [0, 0.05) is 19.2 Å². The third kappa shape index (κ3) is 4.83. The quantitative estimate of drug-likeness (QED) is 0.531. The summed E-state index contributed by atoms with van der Waals surface area (Å²) in [4.78, 5) is 21.1. The first kappa shape index (κ1) is 17.5. The molecule has 2 atom stereocenters. The van der Waals surface area contributed by atoms with Gasteiger partial charge in [-0.1, -0.05) is 42.1 Å². The standard InChI is InChI=1S/C17H21N5O2S/c18-13-9-14(19)22-17(21-13)25-15(11-5-2-1-3-6-11)16(23)20-10-12-7-4-8-24-12/h1-3,5-6,9,12,15H,4,7-8,10H2,(H,20,23)(H4,18,19,21,22). The lowest BCUT2D eigenvalue weighted by atomic mass is 10.1. The summed E-state index contributed by atoms with van der Waals surface area (Å²) in [6.07, 6.45) is 2.09. The number of carbonyl (C=O) groups is 1. The Bertz CT molecular complexity index is 702. The Morgan fingerprint density at radius 1 is 1.28 bits per heavy atom. The highest BCUT2D eigenvalue weighted by Gasteiger charge is 2.25. The zero-order chi connectivity index (χ0) is 17.6. The number of carbonyl (C=O) groups excluding carboxylic acids is 1. The highest BCUT2D eigenvalue weighted by molar-refractivity contribution is 8.00. The maximum absolute atomic E-state index is 12.8. The Morgan fingerprint density at radius 2 is 2.00 bits per heavy atom. The van der Waals surface area contributed by atoms with Gasteiger partial charge < -0.3 is 21.5 Å². The highest BCUT2D eigenvalue weighted by Crippen LogP contribution is 2.34. The molecule has 3 rings (SSSR count). The summed E-state index contributed by atoms with van der Waals surface area (Å²) in [6, 6.07) is 11.0. The molecule has 2 unspecified atom stereocenters. The number of hydrogen-bond donors (Lipinski definition) is 3. The van der Waals surface area contributed by atoms with E-state index < -0.39 is 5.25 Å². The van der Waals surface area contributed by atoms with E-state index in [1.165, 1.54) is 17.8 Å². The van der Waals surface area contributed by atoms with E-state index in [-0.39, 0.29) is 23.6 Å². The molecule has 25 heavy (non-hydrogen) atoms. The second-order valence-corrected chi connectivity index (χ2v) is 6.86. The van der Waals surface area contributed by atoms with Gasteiger partial charge in [0.25, 0.3) is 0 Å². The van der Waals surface area contributed by atoms with E-state index in [9.17, 15) is 4.79 Å². The first-order valence-electron chi connectivity index (χ1n) is 8.13. The van der Waals surface area contributed by atoms with Crippen LogP contribution in [0, 0.1) is 0 Å². The van der Waals surface area contributed by atoms with Crippen molar-refractivity contribution in [2.24, 2.45) is 0 Å². The average Bonchev–Trinajstić information content (AvgIpc) is 3.11. The average molecular weight is 359 g/mol. The topological polar surface area (TPSA) is 116 Å². The van der Waals surface area contributed by atoms with E-state index in [0.717, 1.165) is 25.0 Å². The van der Waals surface area contributed by atoms with Crippen molar-refractivity contribution in [2.75, 3.05) is 24.6 Å². The Labute approximate surface area is 150 Å². The maximum atomic E-state index is 12.8. The van der Waals surface area contributed by atoms with Crippen LogP contribution in [0.4, 0.5) is 11.6 Å². The monoisotopic (exact) mass is 359 g/mol. The van der Waals surface area contributed by atoms with Crippen LogP contribution < -0.4 is 16.8 Å². The number of anilines is 2. The molecule has 2 aromatic rings. The van der Waals surface area contributed by atoms with Crippen molar-refractivity contribution >= 4 is 29.3 Å². The predicted octanol–water partition coefficient (Wildman–Crippen LogP) is 1.77. The molecule has 1 aromatic heterocycles. The van der Waals surface area contributed by atoms with Crippen LogP contribution in [0.1, 0.15) is 23.7 Å². The number of ether oxygens (including phenoxy) is 1. The SMILES string of the molecule is Nc1cc(N)nc(SC(C(=O)NCC2CCCO2)c2ccccc2)n1. The molecular weight excluding hydrogens is 338 g/mol. The minimum atomic E-state index is -0.496. The molecule has 5 N–H and O–H groups in total. The Balaban J connectivity index is 1.75. The number of rotatable bonds is 6. The number of nitrogens with zero attached hydrogens (tertiary/aromatic N) is 2. The van der Waals surface area contributed by atoms with Crippen LogP contribution in [-0.4, -0.2) is 35.1 Å². The number of benzene rings is 1. The van der Waals surface area contributed by atoms with E-state index in [4.69, 9.17) is 16.2 Å². The number of nitrogen functional groups attached to an aromatic ring is 2. The van der Waals surface area contributed by atoms with E-state index >= 15 is 0 Å². The zero-order valence-electron chi connectivity index (χ0n) is 13.7. The zero-order valence-corrected chi connectivity index (χ0v) is 14.5. The van der Waals surface area contributed by atoms with Gasteiger partial charge in [0.2, 0.25) is 5.91 Å². The number of hydrogen-bond acceptors (Lipinski definition) is 7. The molecule has 132 valence electrons. The Hall–Kier alpha value is -2.32. The van der Waals surface area contributed by atoms with Crippen molar-refractivity contribution in [2.45, 2.75) is 29.4 Å². The van der Waals surface area contributed by atoms with Crippen LogP contribution in [-0.2, 0) is 9.53 Å². The normalized spacial score (nSPS) is 18.0. The highest BCUT2D eigenvalue weighted by atomic mass is 32.2. The summed E-state index contributed by atoms with van der Waals surface area (Å²) >= 11 is 1.23. The van der Waals surface area contributed by atoms with Gasteiger partial charge in [0.1, 0.15) is 16.9 Å². The van der Waals surface area contributed by atoms with Gasteiger partial charge >= 0.3 is 0 Å². The molecule has 0 spiro atoms. The van der Waals surface area contributed by atoms with Gasteiger partial charge in [0.15, 0.2) is 5.16 Å². The summed E-state index contributed by atoms with van der Waals surface area (Å²) in [5, 5.41) is 2.85. The minimum absolute atomic E-state index is 0.0876. The fraction of sp³-hybridized carbons (Fsp3) is 0.353. The molecule has 7 nitrogen and oxygen atoms in total.